The zero-order valence-electron chi connectivity index (χ0n) is 11.1. The molecule has 2 aromatic heterocycles. The molecule has 1 aliphatic heterocycles. The maximum absolute atomic E-state index is 10.9. The first kappa shape index (κ1) is 12.2. The third-order valence-electron chi connectivity index (χ3n) is 3.84. The number of carbonyl (C=O) groups is 1. The normalized spacial score (nSPS) is 14.3. The van der Waals surface area contributed by atoms with Gasteiger partial charge in [-0.3, -0.25) is 5.10 Å². The average Bonchev–Trinajstić information content (AvgIpc) is 3.11. The Balaban J connectivity index is 1.84. The number of nitrogens with one attached hydrogen (secondary N) is 2. The second-order valence-corrected chi connectivity index (χ2v) is 5.12. The largest absolute Gasteiger partial charge is 0.477 e. The van der Waals surface area contributed by atoms with Gasteiger partial charge in [0.2, 0.25) is 0 Å². The Labute approximate surface area is 119 Å². The van der Waals surface area contributed by atoms with Crippen LogP contribution in [-0.4, -0.2) is 32.9 Å². The number of carboxylic acids is 1. The van der Waals surface area contributed by atoms with E-state index in [0.29, 0.717) is 12.3 Å². The number of nitrogens with zero attached hydrogens (tertiary/aromatic N) is 1. The highest BCUT2D eigenvalue weighted by molar-refractivity contribution is 5.90. The van der Waals surface area contributed by atoms with Crippen molar-refractivity contribution in [1.82, 2.24) is 15.2 Å². The topological polar surface area (TPSA) is 91.0 Å². The van der Waals surface area contributed by atoms with E-state index in [1.807, 2.05) is 18.2 Å². The summed E-state index contributed by atoms with van der Waals surface area (Å²) in [5.41, 5.74) is 5.08. The van der Waals surface area contributed by atoms with E-state index in [0.717, 1.165) is 29.5 Å². The summed E-state index contributed by atoms with van der Waals surface area (Å²) in [6, 6.07) is 7.51. The highest BCUT2D eigenvalue weighted by Gasteiger charge is 2.17. The smallest absolute Gasteiger partial charge is 0.353 e. The number of benzene rings is 1. The molecule has 0 atom stereocenters. The van der Waals surface area contributed by atoms with Gasteiger partial charge in [-0.25, -0.2) is 4.79 Å². The van der Waals surface area contributed by atoms with E-state index in [9.17, 15) is 4.79 Å². The zero-order chi connectivity index (χ0) is 14.4. The lowest BCUT2D eigenvalue weighted by Gasteiger charge is -2.11. The fourth-order valence-corrected chi connectivity index (χ4v) is 2.77. The second kappa shape index (κ2) is 4.46. The number of carboxylic acid groups (broad SMARTS) is 1. The van der Waals surface area contributed by atoms with Crippen LogP contribution in [0.4, 0.5) is 0 Å². The van der Waals surface area contributed by atoms with Crippen LogP contribution >= 0.6 is 0 Å². The van der Waals surface area contributed by atoms with Crippen LogP contribution in [-0.2, 0) is 17.8 Å². The predicted molar refractivity (Wildman–Crippen MR) is 76.2 cm³/mol. The van der Waals surface area contributed by atoms with Crippen molar-refractivity contribution in [2.75, 3.05) is 6.61 Å². The number of hydrogen-bond acceptors (Lipinski definition) is 3. The van der Waals surface area contributed by atoms with Gasteiger partial charge in [-0.2, -0.15) is 5.10 Å². The van der Waals surface area contributed by atoms with E-state index < -0.39 is 5.97 Å². The number of rotatable bonds is 2. The number of aromatic amines is 2. The second-order valence-electron chi connectivity index (χ2n) is 5.12. The molecule has 0 spiro atoms. The van der Waals surface area contributed by atoms with Crippen LogP contribution < -0.4 is 0 Å². The minimum absolute atomic E-state index is 0.0875. The Morgan fingerprint density at radius 2 is 2.24 bits per heavy atom. The Hall–Kier alpha value is -2.60. The maximum Gasteiger partial charge on any atom is 0.353 e. The number of ether oxygens (including phenoxy) is 1. The molecule has 6 nitrogen and oxygen atoms in total. The number of hydrogen-bond donors (Lipinski definition) is 3. The molecule has 3 aromatic rings. The van der Waals surface area contributed by atoms with Gasteiger partial charge in [0.05, 0.1) is 18.9 Å². The maximum atomic E-state index is 10.9. The van der Waals surface area contributed by atoms with Crippen molar-refractivity contribution in [2.45, 2.75) is 13.0 Å². The van der Waals surface area contributed by atoms with E-state index in [2.05, 4.69) is 15.2 Å². The summed E-state index contributed by atoms with van der Waals surface area (Å²) in [5.74, 6) is -1.01. The summed E-state index contributed by atoms with van der Waals surface area (Å²) in [6.45, 7) is 1.35. The third kappa shape index (κ3) is 1.92. The van der Waals surface area contributed by atoms with Crippen molar-refractivity contribution in [3.8, 4) is 11.3 Å². The minimum atomic E-state index is -1.01. The molecule has 4 rings (SSSR count). The number of fused-ring (bicyclic) bond motifs is 3. The molecule has 0 saturated carbocycles. The number of H-pyrrole nitrogens is 2. The van der Waals surface area contributed by atoms with Crippen molar-refractivity contribution in [3.63, 3.8) is 0 Å². The molecule has 0 saturated heterocycles. The van der Waals surface area contributed by atoms with Gasteiger partial charge in [0.1, 0.15) is 5.69 Å². The Morgan fingerprint density at radius 1 is 1.33 bits per heavy atom. The Bertz CT molecular complexity index is 847. The van der Waals surface area contributed by atoms with Crippen LogP contribution in [0, 0.1) is 0 Å². The highest BCUT2D eigenvalue weighted by atomic mass is 16.5. The molecule has 0 radical (unpaired) electrons. The molecule has 6 heteroatoms. The monoisotopic (exact) mass is 283 g/mol. The highest BCUT2D eigenvalue weighted by Crippen LogP contribution is 2.30. The lowest BCUT2D eigenvalue weighted by molar-refractivity contribution is 0.0690. The summed E-state index contributed by atoms with van der Waals surface area (Å²) < 4.78 is 5.52. The van der Waals surface area contributed by atoms with Crippen LogP contribution in [0.2, 0.25) is 0 Å². The van der Waals surface area contributed by atoms with E-state index in [1.165, 1.54) is 11.3 Å². The molecule has 1 aliphatic rings. The summed E-state index contributed by atoms with van der Waals surface area (Å²) in [6.07, 6.45) is 0.894. The van der Waals surface area contributed by atoms with Crippen LogP contribution in [0.5, 0.6) is 0 Å². The van der Waals surface area contributed by atoms with Gasteiger partial charge in [0.25, 0.3) is 0 Å². The zero-order valence-corrected chi connectivity index (χ0v) is 11.1. The Morgan fingerprint density at radius 3 is 3.05 bits per heavy atom. The van der Waals surface area contributed by atoms with E-state index >= 15 is 0 Å². The molecule has 106 valence electrons. The quantitative estimate of drug-likeness (QED) is 0.673. The SMILES string of the molecule is O=C(O)c1cc(-c2ccc3[nH]c4c(c3c2)COCC4)n[nH]1. The van der Waals surface area contributed by atoms with Crippen LogP contribution in [0.15, 0.2) is 24.3 Å². The summed E-state index contributed by atoms with van der Waals surface area (Å²) in [7, 11) is 0. The minimum Gasteiger partial charge on any atom is -0.477 e. The first-order valence-electron chi connectivity index (χ1n) is 6.72. The molecule has 0 unspecified atom stereocenters. The molecule has 0 fully saturated rings. The lowest BCUT2D eigenvalue weighted by Crippen LogP contribution is -2.08. The van der Waals surface area contributed by atoms with Crippen molar-refractivity contribution in [3.05, 3.63) is 41.2 Å². The summed E-state index contributed by atoms with van der Waals surface area (Å²) in [4.78, 5) is 14.3. The molecule has 3 heterocycles. The van der Waals surface area contributed by atoms with E-state index in [-0.39, 0.29) is 5.69 Å². The van der Waals surface area contributed by atoms with Gasteiger partial charge < -0.3 is 14.8 Å². The standard InChI is InChI=1S/C15H13N3O3/c19-15(20)14-6-13(17-18-14)8-1-2-11-9(5-8)10-7-21-4-3-12(10)16-11/h1-2,5-6,16H,3-4,7H2,(H,17,18)(H,19,20). The van der Waals surface area contributed by atoms with Gasteiger partial charge in [0.15, 0.2) is 0 Å². The fourth-order valence-electron chi connectivity index (χ4n) is 2.77. The number of aromatic carboxylic acids is 1. The summed E-state index contributed by atoms with van der Waals surface area (Å²) >= 11 is 0. The van der Waals surface area contributed by atoms with E-state index in [4.69, 9.17) is 9.84 Å². The Kier molecular flexibility index (Phi) is 2.58. The van der Waals surface area contributed by atoms with Crippen LogP contribution in [0.25, 0.3) is 22.2 Å². The molecular formula is C15H13N3O3. The van der Waals surface area contributed by atoms with Crippen molar-refractivity contribution >= 4 is 16.9 Å². The molecular weight excluding hydrogens is 270 g/mol. The molecule has 1 aromatic carbocycles. The summed E-state index contributed by atoms with van der Waals surface area (Å²) in [5, 5.41) is 16.7. The van der Waals surface area contributed by atoms with Crippen molar-refractivity contribution < 1.29 is 14.6 Å². The first-order valence-corrected chi connectivity index (χ1v) is 6.72. The van der Waals surface area contributed by atoms with Gasteiger partial charge in [0, 0.05) is 34.1 Å². The number of aromatic nitrogens is 3. The first-order chi connectivity index (χ1) is 10.2. The predicted octanol–water partition coefficient (Wildman–Crippen LogP) is 2.33. The molecule has 3 N–H and O–H groups in total. The van der Waals surface area contributed by atoms with E-state index in [1.54, 1.807) is 6.07 Å². The van der Waals surface area contributed by atoms with Gasteiger partial charge in [-0.1, -0.05) is 6.07 Å². The van der Waals surface area contributed by atoms with Gasteiger partial charge in [-0.15, -0.1) is 0 Å². The average molecular weight is 283 g/mol. The molecule has 0 amide bonds. The molecule has 0 aliphatic carbocycles. The van der Waals surface area contributed by atoms with Gasteiger partial charge >= 0.3 is 5.97 Å². The van der Waals surface area contributed by atoms with Crippen LogP contribution in [0.1, 0.15) is 21.7 Å². The fraction of sp³-hybridized carbons (Fsp3) is 0.200. The van der Waals surface area contributed by atoms with Crippen LogP contribution in [0.3, 0.4) is 0 Å². The van der Waals surface area contributed by atoms with Crippen molar-refractivity contribution in [1.29, 1.82) is 0 Å². The van der Waals surface area contributed by atoms with Gasteiger partial charge in [-0.05, 0) is 18.2 Å². The van der Waals surface area contributed by atoms with Crippen molar-refractivity contribution in [2.24, 2.45) is 0 Å². The molecule has 21 heavy (non-hydrogen) atoms. The molecule has 0 bridgehead atoms. The lowest BCUT2D eigenvalue weighted by atomic mass is 10.0. The third-order valence-corrected chi connectivity index (χ3v) is 3.84.